The van der Waals surface area contributed by atoms with Crippen molar-refractivity contribution in [2.75, 3.05) is 6.54 Å². The summed E-state index contributed by atoms with van der Waals surface area (Å²) in [5, 5.41) is 3.92. The first-order valence-corrected chi connectivity index (χ1v) is 6.68. The predicted molar refractivity (Wildman–Crippen MR) is 75.0 cm³/mol. The monoisotopic (exact) mass is 283 g/mol. The van der Waals surface area contributed by atoms with E-state index in [2.05, 4.69) is 11.9 Å². The maximum Gasteiger partial charge on any atom is 0.230 e. The molecular weight excluding hydrogens is 269 g/mol. The van der Waals surface area contributed by atoms with Crippen molar-refractivity contribution < 1.29 is 4.79 Å². The van der Waals surface area contributed by atoms with Crippen LogP contribution in [-0.2, 0) is 10.2 Å². The van der Waals surface area contributed by atoms with Crippen LogP contribution in [0.4, 0.5) is 0 Å². The number of nitrogens with one attached hydrogen (secondary N) is 1. The summed E-state index contributed by atoms with van der Waals surface area (Å²) in [4.78, 5) is 12.3. The Balaban J connectivity index is 2.20. The molecule has 0 atom stereocenters. The highest BCUT2D eigenvalue weighted by molar-refractivity contribution is 6.30. The van der Waals surface area contributed by atoms with Crippen LogP contribution in [0, 0.1) is 0 Å². The number of rotatable bonds is 4. The Morgan fingerprint density at radius 2 is 2.17 bits per heavy atom. The SMILES string of the molecule is C=C(Cl)CNC(=O)C1(c2cccc(Cl)c2)CCC1. The van der Waals surface area contributed by atoms with E-state index in [1.807, 2.05) is 24.3 Å². The minimum absolute atomic E-state index is 0.0119. The van der Waals surface area contributed by atoms with Crippen molar-refractivity contribution in [2.45, 2.75) is 24.7 Å². The highest BCUT2D eigenvalue weighted by Gasteiger charge is 2.45. The average molecular weight is 284 g/mol. The number of hydrogen-bond acceptors (Lipinski definition) is 1. The van der Waals surface area contributed by atoms with Crippen molar-refractivity contribution in [1.82, 2.24) is 5.32 Å². The highest BCUT2D eigenvalue weighted by atomic mass is 35.5. The molecule has 1 aromatic rings. The first-order chi connectivity index (χ1) is 8.54. The summed E-state index contributed by atoms with van der Waals surface area (Å²) < 4.78 is 0. The molecule has 2 rings (SSSR count). The Hall–Kier alpha value is -0.990. The highest BCUT2D eigenvalue weighted by Crippen LogP contribution is 2.44. The lowest BCUT2D eigenvalue weighted by atomic mass is 9.64. The lowest BCUT2D eigenvalue weighted by Crippen LogP contribution is -2.49. The Labute approximate surface area is 117 Å². The van der Waals surface area contributed by atoms with Crippen LogP contribution >= 0.6 is 23.2 Å². The minimum Gasteiger partial charge on any atom is -0.350 e. The second-order valence-electron chi connectivity index (χ2n) is 4.65. The van der Waals surface area contributed by atoms with E-state index in [4.69, 9.17) is 23.2 Å². The number of carbonyl (C=O) groups is 1. The maximum absolute atomic E-state index is 12.3. The van der Waals surface area contributed by atoms with Gasteiger partial charge in [0, 0.05) is 10.1 Å². The van der Waals surface area contributed by atoms with Gasteiger partial charge in [0.1, 0.15) is 0 Å². The van der Waals surface area contributed by atoms with Gasteiger partial charge < -0.3 is 5.32 Å². The molecule has 1 saturated carbocycles. The zero-order valence-corrected chi connectivity index (χ0v) is 11.5. The summed E-state index contributed by atoms with van der Waals surface area (Å²) in [6, 6.07) is 7.53. The second-order valence-corrected chi connectivity index (χ2v) is 5.62. The fraction of sp³-hybridized carbons (Fsp3) is 0.357. The first kappa shape index (κ1) is 13.4. The Morgan fingerprint density at radius 3 is 2.67 bits per heavy atom. The first-order valence-electron chi connectivity index (χ1n) is 5.92. The molecule has 1 aromatic carbocycles. The van der Waals surface area contributed by atoms with Gasteiger partial charge in [0.25, 0.3) is 0 Å². The molecule has 18 heavy (non-hydrogen) atoms. The topological polar surface area (TPSA) is 29.1 Å². The zero-order chi connectivity index (χ0) is 13.2. The minimum atomic E-state index is -0.433. The third-order valence-corrected chi connectivity index (χ3v) is 3.83. The van der Waals surface area contributed by atoms with Crippen LogP contribution < -0.4 is 5.32 Å². The number of carbonyl (C=O) groups excluding carboxylic acids is 1. The molecule has 1 N–H and O–H groups in total. The molecule has 96 valence electrons. The van der Waals surface area contributed by atoms with Gasteiger partial charge in [-0.25, -0.2) is 0 Å². The van der Waals surface area contributed by atoms with Gasteiger partial charge in [0.05, 0.1) is 12.0 Å². The van der Waals surface area contributed by atoms with Crippen molar-refractivity contribution in [1.29, 1.82) is 0 Å². The van der Waals surface area contributed by atoms with Crippen LogP contribution in [0.15, 0.2) is 35.9 Å². The lowest BCUT2D eigenvalue weighted by molar-refractivity contribution is -0.129. The van der Waals surface area contributed by atoms with Gasteiger partial charge in [-0.1, -0.05) is 48.3 Å². The summed E-state index contributed by atoms with van der Waals surface area (Å²) in [6.45, 7) is 3.88. The van der Waals surface area contributed by atoms with Crippen molar-refractivity contribution in [3.8, 4) is 0 Å². The molecule has 0 spiro atoms. The van der Waals surface area contributed by atoms with Crippen molar-refractivity contribution in [2.24, 2.45) is 0 Å². The molecule has 0 heterocycles. The quantitative estimate of drug-likeness (QED) is 0.898. The molecule has 0 radical (unpaired) electrons. The normalized spacial score (nSPS) is 16.8. The molecule has 0 aromatic heterocycles. The van der Waals surface area contributed by atoms with Crippen molar-refractivity contribution >= 4 is 29.1 Å². The van der Waals surface area contributed by atoms with E-state index in [0.717, 1.165) is 24.8 Å². The molecule has 1 aliphatic carbocycles. The molecule has 1 fully saturated rings. The van der Waals surface area contributed by atoms with Gasteiger partial charge in [0.2, 0.25) is 5.91 Å². The fourth-order valence-electron chi connectivity index (χ4n) is 2.31. The van der Waals surface area contributed by atoms with E-state index in [9.17, 15) is 4.79 Å². The number of halogens is 2. The summed E-state index contributed by atoms with van der Waals surface area (Å²) in [6.07, 6.45) is 2.77. The Bertz CT molecular complexity index is 480. The Kier molecular flexibility index (Phi) is 3.98. The molecule has 0 saturated heterocycles. The Morgan fingerprint density at radius 1 is 1.44 bits per heavy atom. The second kappa shape index (κ2) is 5.33. The molecular formula is C14H15Cl2NO. The summed E-state index contributed by atoms with van der Waals surface area (Å²) in [5.74, 6) is 0.0119. The van der Waals surface area contributed by atoms with Crippen LogP contribution in [0.3, 0.4) is 0 Å². The average Bonchev–Trinajstić information content (AvgIpc) is 2.25. The standard InChI is InChI=1S/C14H15Cl2NO/c1-10(15)9-17-13(18)14(6-3-7-14)11-4-2-5-12(16)8-11/h2,4-5,8H,1,3,6-7,9H2,(H,17,18). The third-order valence-electron chi connectivity index (χ3n) is 3.46. The fourth-order valence-corrected chi connectivity index (χ4v) is 2.57. The molecule has 4 heteroatoms. The van der Waals surface area contributed by atoms with E-state index < -0.39 is 5.41 Å². The summed E-state index contributed by atoms with van der Waals surface area (Å²) in [7, 11) is 0. The third kappa shape index (κ3) is 2.55. The van der Waals surface area contributed by atoms with Crippen molar-refractivity contribution in [3.05, 3.63) is 46.5 Å². The van der Waals surface area contributed by atoms with E-state index in [-0.39, 0.29) is 5.91 Å². The van der Waals surface area contributed by atoms with Gasteiger partial charge in [-0.3, -0.25) is 4.79 Å². The van der Waals surface area contributed by atoms with Crippen LogP contribution in [0.2, 0.25) is 5.02 Å². The smallest absolute Gasteiger partial charge is 0.230 e. The van der Waals surface area contributed by atoms with Gasteiger partial charge in [-0.05, 0) is 30.5 Å². The van der Waals surface area contributed by atoms with Gasteiger partial charge in [-0.15, -0.1) is 0 Å². The molecule has 0 unspecified atom stereocenters. The maximum atomic E-state index is 12.3. The van der Waals surface area contributed by atoms with Crippen LogP contribution in [0.5, 0.6) is 0 Å². The molecule has 2 nitrogen and oxygen atoms in total. The van der Waals surface area contributed by atoms with E-state index in [1.165, 1.54) is 0 Å². The largest absolute Gasteiger partial charge is 0.350 e. The number of hydrogen-bond donors (Lipinski definition) is 1. The molecule has 1 aliphatic rings. The van der Waals surface area contributed by atoms with Gasteiger partial charge in [-0.2, -0.15) is 0 Å². The van der Waals surface area contributed by atoms with Crippen LogP contribution in [0.1, 0.15) is 24.8 Å². The van der Waals surface area contributed by atoms with Crippen molar-refractivity contribution in [3.63, 3.8) is 0 Å². The summed E-state index contributed by atoms with van der Waals surface area (Å²) >= 11 is 11.7. The lowest BCUT2D eigenvalue weighted by Gasteiger charge is -2.40. The van der Waals surface area contributed by atoms with E-state index >= 15 is 0 Å². The molecule has 0 aliphatic heterocycles. The predicted octanol–water partition coefficient (Wildman–Crippen LogP) is 3.63. The van der Waals surface area contributed by atoms with Gasteiger partial charge >= 0.3 is 0 Å². The molecule has 1 amide bonds. The van der Waals surface area contributed by atoms with Gasteiger partial charge in [0.15, 0.2) is 0 Å². The van der Waals surface area contributed by atoms with Crippen LogP contribution in [-0.4, -0.2) is 12.5 Å². The summed E-state index contributed by atoms with van der Waals surface area (Å²) in [5.41, 5.74) is 0.552. The number of amides is 1. The van der Waals surface area contributed by atoms with E-state index in [0.29, 0.717) is 16.6 Å². The molecule has 0 bridgehead atoms. The van der Waals surface area contributed by atoms with E-state index in [1.54, 1.807) is 0 Å². The van der Waals surface area contributed by atoms with Crippen LogP contribution in [0.25, 0.3) is 0 Å². The number of benzene rings is 1. The zero-order valence-electron chi connectivity index (χ0n) is 10.0.